The van der Waals surface area contributed by atoms with Crippen LogP contribution in [0.3, 0.4) is 0 Å². The third-order valence-electron chi connectivity index (χ3n) is 8.77. The fourth-order valence-corrected chi connectivity index (χ4v) is 6.35. The van der Waals surface area contributed by atoms with E-state index in [1.807, 2.05) is 39.8 Å². The van der Waals surface area contributed by atoms with Crippen LogP contribution in [0, 0.1) is 13.8 Å². The van der Waals surface area contributed by atoms with Crippen molar-refractivity contribution in [3.8, 4) is 0 Å². The average Bonchev–Trinajstić information content (AvgIpc) is 3.63. The van der Waals surface area contributed by atoms with Crippen LogP contribution < -0.4 is 20.2 Å². The molecular weight excluding hydrogens is 616 g/mol. The summed E-state index contributed by atoms with van der Waals surface area (Å²) in [6, 6.07) is 5.42. The van der Waals surface area contributed by atoms with Gasteiger partial charge in [0.05, 0.1) is 23.8 Å². The molecule has 2 aliphatic rings. The average molecular weight is 648 g/mol. The Labute approximate surface area is 270 Å². The van der Waals surface area contributed by atoms with Gasteiger partial charge in [-0.1, -0.05) is 55.8 Å². The van der Waals surface area contributed by atoms with Gasteiger partial charge in [-0.2, -0.15) is 0 Å². The number of aromatic carboxylic acids is 1. The van der Waals surface area contributed by atoms with Gasteiger partial charge < -0.3 is 34.9 Å². The predicted molar refractivity (Wildman–Crippen MR) is 162 cm³/mol. The van der Waals surface area contributed by atoms with E-state index in [-0.39, 0.29) is 58.2 Å². The number of rotatable bonds is 8. The van der Waals surface area contributed by atoms with Gasteiger partial charge in [0.25, 0.3) is 0 Å². The first-order valence-corrected chi connectivity index (χ1v) is 14.5. The summed E-state index contributed by atoms with van der Waals surface area (Å²) in [4.78, 5) is 55.6. The fourth-order valence-electron chi connectivity index (χ4n) is 6.35. The SMILES string of the molecule is C=Cc1c(C)c2cc3nc(c(CC(=O)O)c4[n-]c(cc5nc(cc1[n-]2)C(C)=C5CC)c(C)c4C(=O)[O-])C(CCC(=O)[O-])[C@@H]3C.[Fe+2]. The molecule has 0 aromatic carbocycles. The summed E-state index contributed by atoms with van der Waals surface area (Å²) in [7, 11) is 0. The molecule has 0 radical (unpaired) electrons. The monoisotopic (exact) mass is 648 g/mol. The number of aliphatic carboxylic acids is 2. The van der Waals surface area contributed by atoms with E-state index in [2.05, 4.69) is 11.6 Å². The molecule has 0 saturated heterocycles. The Kier molecular flexibility index (Phi) is 9.56. The molecule has 3 aromatic heterocycles. The zero-order chi connectivity index (χ0) is 32.0. The van der Waals surface area contributed by atoms with Gasteiger partial charge in [-0.25, -0.2) is 4.98 Å². The Bertz CT molecular complexity index is 1950. The molecular formula is C34H32FeN4O6-2. The molecule has 5 rings (SSSR count). The summed E-state index contributed by atoms with van der Waals surface area (Å²) in [6.45, 7) is 13.4. The van der Waals surface area contributed by atoms with Crippen molar-refractivity contribution in [3.05, 3.63) is 75.4 Å². The minimum Gasteiger partial charge on any atom is -0.657 e. The number of aromatic nitrogens is 4. The number of aryl methyl sites for hydroxylation is 2. The van der Waals surface area contributed by atoms with E-state index in [4.69, 9.17) is 15.0 Å². The maximum Gasteiger partial charge on any atom is 2.00 e. The van der Waals surface area contributed by atoms with E-state index < -0.39 is 30.2 Å². The van der Waals surface area contributed by atoms with E-state index >= 15 is 0 Å². The van der Waals surface area contributed by atoms with Gasteiger partial charge in [0.15, 0.2) is 0 Å². The summed E-state index contributed by atoms with van der Waals surface area (Å²) >= 11 is 0. The molecule has 0 saturated carbocycles. The van der Waals surface area contributed by atoms with Crippen LogP contribution in [0.4, 0.5) is 0 Å². The maximum absolute atomic E-state index is 12.5. The van der Waals surface area contributed by atoms with Crippen molar-refractivity contribution in [1.82, 2.24) is 19.9 Å². The number of allylic oxidation sites excluding steroid dienone is 2. The summed E-state index contributed by atoms with van der Waals surface area (Å²) < 4.78 is 0. The number of carbonyl (C=O) groups is 3. The van der Waals surface area contributed by atoms with Crippen LogP contribution in [0.25, 0.3) is 39.3 Å². The topological polar surface area (TPSA) is 172 Å². The smallest absolute Gasteiger partial charge is 0.657 e. The van der Waals surface area contributed by atoms with Crippen molar-refractivity contribution in [2.45, 2.75) is 72.1 Å². The Morgan fingerprint density at radius 1 is 1.00 bits per heavy atom. The van der Waals surface area contributed by atoms with Crippen LogP contribution >= 0.6 is 0 Å². The molecule has 8 bridgehead atoms. The Hall–Kier alpha value is -4.47. The number of nitrogens with zero attached hydrogens (tertiary/aromatic N) is 4. The van der Waals surface area contributed by atoms with E-state index in [1.165, 1.54) is 0 Å². The maximum atomic E-state index is 12.5. The summed E-state index contributed by atoms with van der Waals surface area (Å²) in [5, 5.41) is 34.0. The quantitative estimate of drug-likeness (QED) is 0.356. The molecule has 0 amide bonds. The third kappa shape index (κ3) is 5.98. The molecule has 0 fully saturated rings. The number of carboxylic acids is 3. The number of fused-ring (bicyclic) bond motifs is 8. The molecule has 1 N–H and O–H groups in total. The van der Waals surface area contributed by atoms with Crippen LogP contribution in [-0.4, -0.2) is 33.0 Å². The van der Waals surface area contributed by atoms with Crippen molar-refractivity contribution >= 4 is 57.2 Å². The molecule has 3 aromatic rings. The van der Waals surface area contributed by atoms with Crippen LogP contribution in [0.5, 0.6) is 0 Å². The van der Waals surface area contributed by atoms with E-state index in [1.54, 1.807) is 19.1 Å². The minimum absolute atomic E-state index is 0. The van der Waals surface area contributed by atoms with Crippen molar-refractivity contribution in [2.75, 3.05) is 0 Å². The molecule has 2 atom stereocenters. The molecule has 0 spiro atoms. The van der Waals surface area contributed by atoms with E-state index in [0.717, 1.165) is 22.3 Å². The van der Waals surface area contributed by atoms with Crippen molar-refractivity contribution in [1.29, 1.82) is 0 Å². The zero-order valence-electron chi connectivity index (χ0n) is 25.6. The fraction of sp³-hybridized carbons (Fsp3) is 0.324. The van der Waals surface area contributed by atoms with Crippen LogP contribution in [0.15, 0.2) is 24.8 Å². The molecule has 234 valence electrons. The first-order chi connectivity index (χ1) is 20.9. The van der Waals surface area contributed by atoms with Gasteiger partial charge in [0.1, 0.15) is 0 Å². The Morgan fingerprint density at radius 3 is 2.27 bits per heavy atom. The number of carboxylic acid groups (broad SMARTS) is 3. The van der Waals surface area contributed by atoms with Crippen molar-refractivity contribution in [2.24, 2.45) is 0 Å². The molecule has 11 heteroatoms. The standard InChI is InChI=1S/C34H36N4O6.Fe/c1-7-19-15(3)23-12-25-17(5)21(9-10-29(39)40)32(37-25)22(11-30(41)42)33-31(34(43)44)18(6)26(38-33)14-28-20(8-2)16(4)24(36-28)13-27(19)35-23;/h7,12-14,17,21H,1,8-11H2,2-6H3,(H5,35,36,37,38,39,40,41,42,43,44);/q;+2/p-4/t17-,21?;/m0./s1. The summed E-state index contributed by atoms with van der Waals surface area (Å²) in [5.74, 6) is -4.87. The molecule has 10 nitrogen and oxygen atoms in total. The molecule has 2 aliphatic heterocycles. The van der Waals surface area contributed by atoms with E-state index in [9.17, 15) is 29.7 Å². The largest absolute Gasteiger partial charge is 2.00 e. The summed E-state index contributed by atoms with van der Waals surface area (Å²) in [6.07, 6.45) is 1.62. The van der Waals surface area contributed by atoms with Gasteiger partial charge in [0.2, 0.25) is 0 Å². The molecule has 0 aliphatic carbocycles. The number of hydrogen-bond donors (Lipinski definition) is 1. The molecule has 5 heterocycles. The van der Waals surface area contributed by atoms with Gasteiger partial charge in [-0.15, -0.1) is 22.1 Å². The van der Waals surface area contributed by atoms with Gasteiger partial charge in [-0.05, 0) is 67.9 Å². The normalized spacial score (nSPS) is 15.9. The first-order valence-electron chi connectivity index (χ1n) is 14.5. The van der Waals surface area contributed by atoms with Crippen LogP contribution in [0.2, 0.25) is 0 Å². The zero-order valence-corrected chi connectivity index (χ0v) is 26.7. The summed E-state index contributed by atoms with van der Waals surface area (Å²) in [5.41, 5.74) is 7.53. The second kappa shape index (κ2) is 12.9. The Morgan fingerprint density at radius 2 is 1.67 bits per heavy atom. The van der Waals surface area contributed by atoms with Crippen LogP contribution in [-0.2, 0) is 33.1 Å². The van der Waals surface area contributed by atoms with Crippen molar-refractivity contribution in [3.63, 3.8) is 0 Å². The second-order valence-corrected chi connectivity index (χ2v) is 11.3. The Balaban J connectivity index is 0.00000461. The van der Waals surface area contributed by atoms with Gasteiger partial charge >= 0.3 is 23.0 Å². The second-order valence-electron chi connectivity index (χ2n) is 11.3. The van der Waals surface area contributed by atoms with Gasteiger partial charge in [0, 0.05) is 29.2 Å². The van der Waals surface area contributed by atoms with Crippen LogP contribution in [0.1, 0.15) is 107 Å². The molecule has 1 unspecified atom stereocenters. The first kappa shape index (κ1) is 33.4. The number of carbonyl (C=O) groups excluding carboxylic acids is 2. The van der Waals surface area contributed by atoms with E-state index in [0.29, 0.717) is 45.6 Å². The minimum atomic E-state index is -1.50. The predicted octanol–water partition coefficient (Wildman–Crippen LogP) is 3.58. The molecule has 45 heavy (non-hydrogen) atoms. The number of hydrogen-bond acceptors (Lipinski definition) is 7. The van der Waals surface area contributed by atoms with Crippen molar-refractivity contribution < 1.29 is 46.8 Å². The third-order valence-corrected chi connectivity index (χ3v) is 8.77. The van der Waals surface area contributed by atoms with Gasteiger partial charge in [-0.3, -0.25) is 9.78 Å².